The standard InChI is InChI=1S/C60H57N5O13Si/c1-60(2,3)79(42-30-18-8-19-31-42,43-32-20-9-21-33-43)78-44-34-47(65-37-62-48-52(65)63-59(61)64-53(48)66)73-45(44)35-72-58-51(77-57(70)41-28-16-7-17-29-41)50(76-56(69)40-26-14-6-15-27-40)49(75-55(68)39-24-12-5-13-25-39)46(74-58)36-71-54(67)38-22-10-4-11-23-38/h4-33,37,44-47,49-51,58H,34-36H2,1-3H3,(H3,61,63,64,66)/t44-,45+,46+,47+,49-,50-,51+,58+/m0/s1. The minimum atomic E-state index is -3.36. The number of fused-ring (bicyclic) bond motifs is 1. The average molecular weight is 1080 g/mol. The summed E-state index contributed by atoms with van der Waals surface area (Å²) in [6.07, 6.45) is -9.02. The van der Waals surface area contributed by atoms with Crippen molar-refractivity contribution in [2.75, 3.05) is 18.9 Å². The number of nitrogens with zero attached hydrogens (tertiary/aromatic N) is 3. The second kappa shape index (κ2) is 23.6. The van der Waals surface area contributed by atoms with Gasteiger partial charge in [-0.2, -0.15) is 4.98 Å². The number of nitrogen functional groups attached to an aromatic ring is 1. The number of hydrogen-bond acceptors (Lipinski definition) is 16. The van der Waals surface area contributed by atoms with E-state index in [2.05, 4.69) is 60.0 Å². The summed E-state index contributed by atoms with van der Waals surface area (Å²) in [5, 5.41) is 1.47. The maximum absolute atomic E-state index is 14.4. The molecule has 10 rings (SSSR count). The molecule has 404 valence electrons. The molecular weight excluding hydrogens is 1030 g/mol. The number of hydrogen-bond donors (Lipinski definition) is 2. The largest absolute Gasteiger partial charge is 0.459 e. The second-order valence-corrected chi connectivity index (χ2v) is 24.3. The third kappa shape index (κ3) is 11.7. The topological polar surface area (TPSA) is 232 Å². The van der Waals surface area contributed by atoms with E-state index in [1.165, 1.54) is 30.6 Å². The van der Waals surface area contributed by atoms with E-state index >= 15 is 0 Å². The molecule has 8 aromatic rings. The summed E-state index contributed by atoms with van der Waals surface area (Å²) in [6.45, 7) is 5.53. The first-order valence-electron chi connectivity index (χ1n) is 25.7. The van der Waals surface area contributed by atoms with Crippen LogP contribution in [0.2, 0.25) is 5.04 Å². The van der Waals surface area contributed by atoms with Crippen molar-refractivity contribution < 1.29 is 56.8 Å². The number of ether oxygens (including phenoxy) is 7. The maximum atomic E-state index is 14.4. The number of carbonyl (C=O) groups excluding carboxylic acids is 4. The molecule has 18 nitrogen and oxygen atoms in total. The lowest BCUT2D eigenvalue weighted by Crippen LogP contribution is -2.68. The van der Waals surface area contributed by atoms with Gasteiger partial charge in [-0.1, -0.05) is 154 Å². The summed E-state index contributed by atoms with van der Waals surface area (Å²) in [7, 11) is -3.36. The van der Waals surface area contributed by atoms with Gasteiger partial charge < -0.3 is 43.3 Å². The van der Waals surface area contributed by atoms with Crippen molar-refractivity contribution in [2.24, 2.45) is 0 Å². The quantitative estimate of drug-likeness (QED) is 0.0521. The van der Waals surface area contributed by atoms with Gasteiger partial charge in [0.1, 0.15) is 25.0 Å². The van der Waals surface area contributed by atoms with Crippen LogP contribution in [0.25, 0.3) is 11.2 Å². The van der Waals surface area contributed by atoms with Gasteiger partial charge in [0.2, 0.25) is 5.95 Å². The maximum Gasteiger partial charge on any atom is 0.338 e. The third-order valence-corrected chi connectivity index (χ3v) is 18.9. The van der Waals surface area contributed by atoms with E-state index in [0.717, 1.165) is 10.4 Å². The highest BCUT2D eigenvalue weighted by atomic mass is 28.4. The molecule has 2 aliphatic heterocycles. The van der Waals surface area contributed by atoms with E-state index < -0.39 is 98.5 Å². The zero-order valence-electron chi connectivity index (χ0n) is 43.4. The minimum absolute atomic E-state index is 0.0400. The van der Waals surface area contributed by atoms with Crippen molar-refractivity contribution in [3.05, 3.63) is 221 Å². The van der Waals surface area contributed by atoms with Crippen LogP contribution < -0.4 is 21.7 Å². The molecule has 2 aromatic heterocycles. The third-order valence-electron chi connectivity index (χ3n) is 13.8. The fourth-order valence-electron chi connectivity index (χ4n) is 10.1. The summed E-state index contributed by atoms with van der Waals surface area (Å²) in [5.41, 5.74) is 6.37. The second-order valence-electron chi connectivity index (χ2n) is 20.0. The monoisotopic (exact) mass is 1080 g/mol. The lowest BCUT2D eigenvalue weighted by atomic mass is 9.97. The smallest absolute Gasteiger partial charge is 0.338 e. The van der Waals surface area contributed by atoms with Crippen LogP contribution in [0.1, 0.15) is 74.9 Å². The molecule has 4 heterocycles. The van der Waals surface area contributed by atoms with Crippen LogP contribution in [-0.4, -0.2) is 108 Å². The molecule has 0 aliphatic carbocycles. The number of benzene rings is 6. The van der Waals surface area contributed by atoms with Crippen molar-refractivity contribution >= 4 is 59.7 Å². The van der Waals surface area contributed by atoms with E-state index in [9.17, 15) is 24.0 Å². The van der Waals surface area contributed by atoms with Crippen molar-refractivity contribution in [3.63, 3.8) is 0 Å². The average Bonchev–Trinajstić information content (AvgIpc) is 4.22. The molecule has 0 spiro atoms. The van der Waals surface area contributed by atoms with Crippen molar-refractivity contribution in [3.8, 4) is 0 Å². The van der Waals surface area contributed by atoms with Crippen molar-refractivity contribution in [1.82, 2.24) is 19.5 Å². The highest BCUT2D eigenvalue weighted by Gasteiger charge is 2.56. The lowest BCUT2D eigenvalue weighted by molar-refractivity contribution is -0.303. The molecule has 8 atom stereocenters. The van der Waals surface area contributed by atoms with E-state index in [0.29, 0.717) is 0 Å². The van der Waals surface area contributed by atoms with Crippen LogP contribution >= 0.6 is 0 Å². The summed E-state index contributed by atoms with van der Waals surface area (Å²) in [4.78, 5) is 81.0. The Bertz CT molecular complexity index is 3400. The summed E-state index contributed by atoms with van der Waals surface area (Å²) in [6, 6.07) is 52.6. The Morgan fingerprint density at radius 1 is 0.608 bits per heavy atom. The first-order valence-corrected chi connectivity index (χ1v) is 27.6. The lowest BCUT2D eigenvalue weighted by Gasteiger charge is -2.46. The van der Waals surface area contributed by atoms with E-state index in [-0.39, 0.29) is 52.4 Å². The predicted octanol–water partition coefficient (Wildman–Crippen LogP) is 7.21. The highest BCUT2D eigenvalue weighted by molar-refractivity contribution is 6.99. The van der Waals surface area contributed by atoms with Gasteiger partial charge >= 0.3 is 23.9 Å². The Morgan fingerprint density at radius 3 is 1.56 bits per heavy atom. The number of nitrogens with one attached hydrogen (secondary N) is 1. The van der Waals surface area contributed by atoms with Crippen LogP contribution in [0.5, 0.6) is 0 Å². The summed E-state index contributed by atoms with van der Waals surface area (Å²) >= 11 is 0. The van der Waals surface area contributed by atoms with Gasteiger partial charge in [0.05, 0.1) is 41.3 Å². The number of aromatic nitrogens is 4. The van der Waals surface area contributed by atoms with Gasteiger partial charge in [-0.05, 0) is 63.9 Å². The van der Waals surface area contributed by atoms with Crippen LogP contribution in [0, 0.1) is 0 Å². The van der Waals surface area contributed by atoms with Crippen LogP contribution in [0.4, 0.5) is 5.95 Å². The Hall–Kier alpha value is -8.59. The van der Waals surface area contributed by atoms with Gasteiger partial charge in [-0.3, -0.25) is 14.3 Å². The number of carbonyl (C=O) groups is 4. The van der Waals surface area contributed by atoms with Crippen molar-refractivity contribution in [2.45, 2.75) is 81.4 Å². The van der Waals surface area contributed by atoms with Gasteiger partial charge in [0.15, 0.2) is 35.8 Å². The molecule has 3 N–H and O–H groups in total. The van der Waals surface area contributed by atoms with Crippen LogP contribution in [-0.2, 0) is 37.6 Å². The number of esters is 4. The fourth-order valence-corrected chi connectivity index (χ4v) is 14.8. The number of H-pyrrole nitrogens is 1. The van der Waals surface area contributed by atoms with Crippen LogP contribution in [0.15, 0.2) is 193 Å². The molecule has 0 bridgehead atoms. The molecule has 2 aliphatic rings. The highest BCUT2D eigenvalue weighted by Crippen LogP contribution is 2.42. The Labute approximate surface area is 455 Å². The molecule has 6 aromatic carbocycles. The molecule has 0 saturated carbocycles. The van der Waals surface area contributed by atoms with Crippen molar-refractivity contribution in [1.29, 1.82) is 0 Å². The number of anilines is 1. The predicted molar refractivity (Wildman–Crippen MR) is 292 cm³/mol. The number of imidazole rings is 1. The van der Waals surface area contributed by atoms with Gasteiger partial charge in [-0.25, -0.2) is 24.2 Å². The molecule has 19 heteroatoms. The Balaban J connectivity index is 1.07. The zero-order chi connectivity index (χ0) is 55.1. The minimum Gasteiger partial charge on any atom is -0.459 e. The summed E-state index contributed by atoms with van der Waals surface area (Å²) in [5.74, 6) is -3.43. The van der Waals surface area contributed by atoms with E-state index in [4.69, 9.17) is 43.3 Å². The molecule has 0 unspecified atom stereocenters. The number of aromatic amines is 1. The SMILES string of the molecule is CC(C)(C)[Si](O[C@H]1C[C@H](n2cnc3c(=O)[nH]c(N)nc32)O[C@@H]1CO[C@@H]1O[C@H](COC(=O)c2ccccc2)[C@H](OC(=O)c2ccccc2)[C@H](OC(=O)c2ccccc2)[C@H]1OC(=O)c1ccccc1)(c1ccccc1)c1ccccc1. The molecular formula is C60H57N5O13Si. The van der Waals surface area contributed by atoms with Gasteiger partial charge in [0, 0.05) is 6.42 Å². The van der Waals surface area contributed by atoms with E-state index in [1.54, 1.807) is 102 Å². The zero-order valence-corrected chi connectivity index (χ0v) is 44.4. The van der Waals surface area contributed by atoms with Crippen LogP contribution in [0.3, 0.4) is 0 Å². The molecule has 79 heavy (non-hydrogen) atoms. The Kier molecular flexibility index (Phi) is 16.0. The molecule has 0 radical (unpaired) electrons. The first-order chi connectivity index (χ1) is 38.3. The number of nitrogens with two attached hydrogens (primary N) is 1. The number of rotatable bonds is 17. The molecule has 2 fully saturated rings. The fraction of sp³-hybridized carbons (Fsp3) is 0.250. The molecule has 0 amide bonds. The summed E-state index contributed by atoms with van der Waals surface area (Å²) < 4.78 is 54.7. The Morgan fingerprint density at radius 2 is 1.06 bits per heavy atom. The first kappa shape index (κ1) is 53.8. The molecule has 2 saturated heterocycles. The van der Waals surface area contributed by atoms with Gasteiger partial charge in [0.25, 0.3) is 13.9 Å². The normalized spacial score (nSPS) is 21.2. The van der Waals surface area contributed by atoms with E-state index in [1.807, 2.05) is 36.4 Å². The van der Waals surface area contributed by atoms with Gasteiger partial charge in [-0.15, -0.1) is 0 Å².